The average Bonchev–Trinajstić information content (AvgIpc) is 3.58. The third-order valence-corrected chi connectivity index (χ3v) is 9.99. The van der Waals surface area contributed by atoms with E-state index in [4.69, 9.17) is 4.74 Å². The van der Waals surface area contributed by atoms with Crippen LogP contribution in [-0.4, -0.2) is 63.9 Å². The maximum atomic E-state index is 5.58. The van der Waals surface area contributed by atoms with E-state index in [0.29, 0.717) is 17.4 Å². The van der Waals surface area contributed by atoms with Crippen molar-refractivity contribution in [1.29, 1.82) is 0 Å². The molecule has 0 bridgehead atoms. The minimum absolute atomic E-state index is 0.536. The number of methoxy groups -OCH3 is 1. The monoisotopic (exact) mass is 467 g/mol. The molecule has 34 heavy (non-hydrogen) atoms. The molecule has 1 aromatic carbocycles. The van der Waals surface area contributed by atoms with E-state index in [2.05, 4.69) is 46.7 Å². The van der Waals surface area contributed by atoms with E-state index in [0.717, 1.165) is 12.5 Å². The van der Waals surface area contributed by atoms with Crippen molar-refractivity contribution in [3.63, 3.8) is 0 Å². The van der Waals surface area contributed by atoms with Gasteiger partial charge in [-0.2, -0.15) is 0 Å². The van der Waals surface area contributed by atoms with E-state index in [-0.39, 0.29) is 0 Å². The molecule has 0 amide bonds. The van der Waals surface area contributed by atoms with Crippen LogP contribution < -0.4 is 9.80 Å². The Morgan fingerprint density at radius 1 is 0.912 bits per heavy atom. The molecule has 1 aromatic rings. The smallest absolute Gasteiger partial charge is 0.0666 e. The highest BCUT2D eigenvalue weighted by molar-refractivity contribution is 5.64. The van der Waals surface area contributed by atoms with E-state index >= 15 is 0 Å². The molecule has 0 radical (unpaired) electrons. The summed E-state index contributed by atoms with van der Waals surface area (Å²) in [6.45, 7) is 13.0. The van der Waals surface area contributed by atoms with Crippen LogP contribution in [0.3, 0.4) is 0 Å². The number of nitrogens with zero attached hydrogens (tertiary/aromatic N) is 3. The average molecular weight is 468 g/mol. The highest BCUT2D eigenvalue weighted by Crippen LogP contribution is 2.49. The first kappa shape index (κ1) is 24.4. The molecule has 2 aliphatic heterocycles. The highest BCUT2D eigenvalue weighted by atomic mass is 16.5. The summed E-state index contributed by atoms with van der Waals surface area (Å²) in [6.07, 6.45) is 13.7. The standard InChI is InChI=1S/C30H49N3O/c1-4-30(5-2)14-12-25(13-15-30)28-21-26(33-16-6-7-27(33)23-34-3)10-11-29(28)32-19-17-31(18-20-32)22-24-8-9-24/h10-11,21,24-25,27H,4-9,12-20,22-23H2,1-3H3/t27-/m0/s1. The van der Waals surface area contributed by atoms with Gasteiger partial charge in [-0.1, -0.05) is 26.7 Å². The molecule has 190 valence electrons. The molecule has 4 nitrogen and oxygen atoms in total. The predicted molar refractivity (Wildman–Crippen MR) is 144 cm³/mol. The Labute approximate surface area is 209 Å². The molecule has 2 saturated heterocycles. The molecule has 0 N–H and O–H groups in total. The topological polar surface area (TPSA) is 19.0 Å². The van der Waals surface area contributed by atoms with Gasteiger partial charge in [0.1, 0.15) is 0 Å². The lowest BCUT2D eigenvalue weighted by atomic mass is 9.66. The van der Waals surface area contributed by atoms with E-state index in [1.54, 1.807) is 11.3 Å². The van der Waals surface area contributed by atoms with Crippen LogP contribution in [0.5, 0.6) is 0 Å². The van der Waals surface area contributed by atoms with Gasteiger partial charge in [-0.25, -0.2) is 0 Å². The minimum atomic E-state index is 0.536. The zero-order valence-electron chi connectivity index (χ0n) is 22.2. The van der Waals surface area contributed by atoms with Crippen LogP contribution in [0.2, 0.25) is 0 Å². The van der Waals surface area contributed by atoms with Crippen LogP contribution in [0.4, 0.5) is 11.4 Å². The van der Waals surface area contributed by atoms with Crippen molar-refractivity contribution in [3.05, 3.63) is 23.8 Å². The predicted octanol–water partition coefficient (Wildman–Crippen LogP) is 6.30. The lowest BCUT2D eigenvalue weighted by molar-refractivity contribution is 0.159. The molecule has 4 heteroatoms. The van der Waals surface area contributed by atoms with Gasteiger partial charge < -0.3 is 14.5 Å². The van der Waals surface area contributed by atoms with Gasteiger partial charge in [-0.15, -0.1) is 0 Å². The highest BCUT2D eigenvalue weighted by Gasteiger charge is 2.35. The molecule has 1 atom stereocenters. The number of piperazine rings is 1. The van der Waals surface area contributed by atoms with Gasteiger partial charge in [-0.05, 0) is 92.4 Å². The summed E-state index contributed by atoms with van der Waals surface area (Å²) in [7, 11) is 1.85. The van der Waals surface area contributed by atoms with Crippen molar-refractivity contribution in [2.75, 3.05) is 62.8 Å². The summed E-state index contributed by atoms with van der Waals surface area (Å²) in [5, 5.41) is 0. The zero-order chi connectivity index (χ0) is 23.5. The van der Waals surface area contributed by atoms with Crippen molar-refractivity contribution in [2.45, 2.75) is 90.0 Å². The molecule has 2 aliphatic carbocycles. The molecular formula is C30H49N3O. The van der Waals surface area contributed by atoms with E-state index in [1.807, 2.05) is 7.11 Å². The summed E-state index contributed by atoms with van der Waals surface area (Å²) in [5.41, 5.74) is 5.23. The first-order valence-electron chi connectivity index (χ1n) is 14.5. The minimum Gasteiger partial charge on any atom is -0.383 e. The second-order valence-electron chi connectivity index (χ2n) is 11.9. The van der Waals surface area contributed by atoms with Crippen LogP contribution in [0, 0.1) is 11.3 Å². The SMILES string of the molecule is CCC1(CC)CCC(c2cc(N3CCC[C@H]3COC)ccc2N2CCN(CC3CC3)CC2)CC1. The third kappa shape index (κ3) is 5.28. The summed E-state index contributed by atoms with van der Waals surface area (Å²) in [6, 6.07) is 8.06. The molecule has 2 heterocycles. The number of hydrogen-bond acceptors (Lipinski definition) is 4. The van der Waals surface area contributed by atoms with E-state index < -0.39 is 0 Å². The van der Waals surface area contributed by atoms with Gasteiger partial charge in [0.25, 0.3) is 0 Å². The van der Waals surface area contributed by atoms with Crippen LogP contribution in [0.1, 0.15) is 89.5 Å². The van der Waals surface area contributed by atoms with Gasteiger partial charge in [0.05, 0.1) is 12.6 Å². The van der Waals surface area contributed by atoms with Crippen molar-refractivity contribution < 1.29 is 4.74 Å². The Kier molecular flexibility index (Phi) is 7.75. The Bertz CT molecular complexity index is 784. The molecular weight excluding hydrogens is 418 g/mol. The number of hydrogen-bond donors (Lipinski definition) is 0. The first-order valence-corrected chi connectivity index (χ1v) is 14.5. The largest absolute Gasteiger partial charge is 0.383 e. The van der Waals surface area contributed by atoms with Gasteiger partial charge in [0, 0.05) is 57.8 Å². The molecule has 2 saturated carbocycles. The molecule has 0 aromatic heterocycles. The number of ether oxygens (including phenoxy) is 1. The molecule has 4 aliphatic rings. The fourth-order valence-corrected chi connectivity index (χ4v) is 7.21. The van der Waals surface area contributed by atoms with Crippen LogP contribution in [0.25, 0.3) is 0 Å². The van der Waals surface area contributed by atoms with Gasteiger partial charge in [0.2, 0.25) is 0 Å². The van der Waals surface area contributed by atoms with Gasteiger partial charge in [0.15, 0.2) is 0 Å². The van der Waals surface area contributed by atoms with E-state index in [1.165, 1.54) is 109 Å². The first-order chi connectivity index (χ1) is 16.6. The normalized spacial score (nSPS) is 26.4. The lowest BCUT2D eigenvalue weighted by Crippen LogP contribution is -2.47. The zero-order valence-corrected chi connectivity index (χ0v) is 22.2. The maximum absolute atomic E-state index is 5.58. The van der Waals surface area contributed by atoms with Crippen molar-refractivity contribution in [2.24, 2.45) is 11.3 Å². The third-order valence-electron chi connectivity index (χ3n) is 9.99. The molecule has 0 spiro atoms. The number of benzene rings is 1. The molecule has 0 unspecified atom stereocenters. The van der Waals surface area contributed by atoms with Crippen LogP contribution in [-0.2, 0) is 4.74 Å². The van der Waals surface area contributed by atoms with Crippen molar-refractivity contribution >= 4 is 11.4 Å². The molecule has 4 fully saturated rings. The van der Waals surface area contributed by atoms with Gasteiger partial charge >= 0.3 is 0 Å². The Morgan fingerprint density at radius 3 is 2.29 bits per heavy atom. The Morgan fingerprint density at radius 2 is 1.65 bits per heavy atom. The van der Waals surface area contributed by atoms with Crippen molar-refractivity contribution in [3.8, 4) is 0 Å². The summed E-state index contributed by atoms with van der Waals surface area (Å²) in [5.74, 6) is 1.72. The summed E-state index contributed by atoms with van der Waals surface area (Å²) in [4.78, 5) is 8.08. The second-order valence-corrected chi connectivity index (χ2v) is 11.9. The van der Waals surface area contributed by atoms with Crippen LogP contribution in [0.15, 0.2) is 18.2 Å². The maximum Gasteiger partial charge on any atom is 0.0666 e. The Hall–Kier alpha value is -1.26. The fourth-order valence-electron chi connectivity index (χ4n) is 7.21. The quantitative estimate of drug-likeness (QED) is 0.424. The van der Waals surface area contributed by atoms with Crippen LogP contribution >= 0.6 is 0 Å². The van der Waals surface area contributed by atoms with Gasteiger partial charge in [-0.3, -0.25) is 4.90 Å². The Balaban J connectivity index is 1.37. The summed E-state index contributed by atoms with van der Waals surface area (Å²) >= 11 is 0. The van der Waals surface area contributed by atoms with Crippen molar-refractivity contribution in [1.82, 2.24) is 4.90 Å². The van der Waals surface area contributed by atoms with E-state index in [9.17, 15) is 0 Å². The lowest BCUT2D eigenvalue weighted by Gasteiger charge is -2.42. The fraction of sp³-hybridized carbons (Fsp3) is 0.800. The number of anilines is 2. The second kappa shape index (κ2) is 10.8. The summed E-state index contributed by atoms with van der Waals surface area (Å²) < 4.78 is 5.58. The molecule has 5 rings (SSSR count). The number of rotatable bonds is 9.